The minimum absolute atomic E-state index is 0.106. The van der Waals surface area contributed by atoms with Crippen molar-refractivity contribution in [3.63, 3.8) is 0 Å². The maximum absolute atomic E-state index is 11.0. The van der Waals surface area contributed by atoms with Crippen molar-refractivity contribution in [2.45, 2.75) is 27.7 Å². The van der Waals surface area contributed by atoms with Crippen LogP contribution in [0.15, 0.2) is 34.5 Å². The highest BCUT2D eigenvalue weighted by Gasteiger charge is 2.13. The van der Waals surface area contributed by atoms with Gasteiger partial charge in [-0.2, -0.15) is 5.11 Å². The van der Waals surface area contributed by atoms with Gasteiger partial charge in [-0.25, -0.2) is 0 Å². The van der Waals surface area contributed by atoms with Crippen molar-refractivity contribution in [3.05, 3.63) is 56.6 Å². The van der Waals surface area contributed by atoms with Crippen molar-refractivity contribution in [1.82, 2.24) is 0 Å². The number of hydrogen-bond donors (Lipinski definition) is 0. The van der Waals surface area contributed by atoms with Crippen LogP contribution in [0.2, 0.25) is 0 Å². The van der Waals surface area contributed by atoms with Crippen molar-refractivity contribution in [3.8, 4) is 0 Å². The maximum Gasteiger partial charge on any atom is 0.272 e. The summed E-state index contributed by atoms with van der Waals surface area (Å²) in [5, 5.41) is 19.7. The summed E-state index contributed by atoms with van der Waals surface area (Å²) in [6.07, 6.45) is 0. The van der Waals surface area contributed by atoms with Gasteiger partial charge in [-0.05, 0) is 62.6 Å². The van der Waals surface area contributed by atoms with Gasteiger partial charge in [-0.15, -0.1) is 5.11 Å². The molecule has 2 aromatic rings. The summed E-state index contributed by atoms with van der Waals surface area (Å²) < 4.78 is 0. The Hall–Kier alpha value is -2.76. The molecule has 0 radical (unpaired) electrons. The first-order valence-corrected chi connectivity index (χ1v) is 7.66. The second-order valence-corrected chi connectivity index (χ2v) is 6.20. The molecule has 24 heavy (non-hydrogen) atoms. The first kappa shape index (κ1) is 17.6. The van der Waals surface area contributed by atoms with Crippen LogP contribution < -0.4 is 4.90 Å². The molecule has 0 aliphatic heterocycles. The van der Waals surface area contributed by atoms with Crippen LogP contribution >= 0.6 is 0 Å². The lowest BCUT2D eigenvalue weighted by molar-refractivity contribution is -0.385. The maximum atomic E-state index is 11.0. The molecular weight excluding hydrogens is 304 g/mol. The second-order valence-electron chi connectivity index (χ2n) is 6.20. The summed E-state index contributed by atoms with van der Waals surface area (Å²) in [5.41, 5.74) is 6.09. The molecule has 126 valence electrons. The zero-order valence-electron chi connectivity index (χ0n) is 14.9. The van der Waals surface area contributed by atoms with Crippen molar-refractivity contribution < 1.29 is 4.92 Å². The topological polar surface area (TPSA) is 71.1 Å². The highest BCUT2D eigenvalue weighted by Crippen LogP contribution is 2.32. The SMILES string of the molecule is Cc1cc([N+](=O)[O-])c(C)cc1N=Nc1c(C)cc(N(C)C)cc1C. The number of hydrogen-bond acceptors (Lipinski definition) is 5. The van der Waals surface area contributed by atoms with Crippen molar-refractivity contribution in [1.29, 1.82) is 0 Å². The predicted molar refractivity (Wildman–Crippen MR) is 97.0 cm³/mol. The average molecular weight is 326 g/mol. The summed E-state index contributed by atoms with van der Waals surface area (Å²) in [7, 11) is 4.00. The summed E-state index contributed by atoms with van der Waals surface area (Å²) in [6.45, 7) is 7.51. The predicted octanol–water partition coefficient (Wildman–Crippen LogP) is 5.31. The number of nitrogens with zero attached hydrogens (tertiary/aromatic N) is 4. The van der Waals surface area contributed by atoms with Gasteiger partial charge in [-0.1, -0.05) is 0 Å². The Bertz CT molecular complexity index is 803. The zero-order chi connectivity index (χ0) is 18.0. The fraction of sp³-hybridized carbons (Fsp3) is 0.333. The lowest BCUT2D eigenvalue weighted by atomic mass is 10.1. The molecule has 0 heterocycles. The van der Waals surface area contributed by atoms with Crippen LogP contribution in [0.25, 0.3) is 0 Å². The molecular formula is C18H22N4O2. The molecule has 0 amide bonds. The van der Waals surface area contributed by atoms with Gasteiger partial charge >= 0.3 is 0 Å². The van der Waals surface area contributed by atoms with Crippen LogP contribution in [0.1, 0.15) is 22.3 Å². The molecule has 0 unspecified atom stereocenters. The number of azo groups is 1. The largest absolute Gasteiger partial charge is 0.378 e. The number of anilines is 1. The van der Waals surface area contributed by atoms with E-state index in [-0.39, 0.29) is 10.6 Å². The Balaban J connectivity index is 2.42. The minimum Gasteiger partial charge on any atom is -0.378 e. The lowest BCUT2D eigenvalue weighted by Gasteiger charge is -2.15. The van der Waals surface area contributed by atoms with Gasteiger partial charge in [0.05, 0.1) is 16.3 Å². The van der Waals surface area contributed by atoms with Crippen molar-refractivity contribution in [2.24, 2.45) is 10.2 Å². The summed E-state index contributed by atoms with van der Waals surface area (Å²) in [5.74, 6) is 0. The fourth-order valence-electron chi connectivity index (χ4n) is 2.54. The second kappa shape index (κ2) is 6.78. The lowest BCUT2D eigenvalue weighted by Crippen LogP contribution is -2.08. The molecule has 0 aromatic heterocycles. The number of rotatable bonds is 4. The van der Waals surface area contributed by atoms with Gasteiger partial charge in [0.15, 0.2) is 0 Å². The Morgan fingerprint density at radius 2 is 1.46 bits per heavy atom. The monoisotopic (exact) mass is 326 g/mol. The average Bonchev–Trinajstić information content (AvgIpc) is 2.48. The third-order valence-electron chi connectivity index (χ3n) is 3.96. The molecule has 6 nitrogen and oxygen atoms in total. The van der Waals surface area contributed by atoms with E-state index in [9.17, 15) is 10.1 Å². The van der Waals surface area contributed by atoms with Crippen LogP contribution in [0.4, 0.5) is 22.7 Å². The molecule has 0 atom stereocenters. The van der Waals surface area contributed by atoms with Crippen molar-refractivity contribution >= 4 is 22.7 Å². The van der Waals surface area contributed by atoms with E-state index in [0.717, 1.165) is 28.1 Å². The van der Waals surface area contributed by atoms with E-state index in [2.05, 4.69) is 22.4 Å². The van der Waals surface area contributed by atoms with E-state index in [1.165, 1.54) is 0 Å². The number of aryl methyl sites for hydroxylation is 4. The Morgan fingerprint density at radius 3 is 1.96 bits per heavy atom. The van der Waals surface area contributed by atoms with E-state index in [4.69, 9.17) is 0 Å². The quantitative estimate of drug-likeness (QED) is 0.434. The van der Waals surface area contributed by atoms with Crippen molar-refractivity contribution in [2.75, 3.05) is 19.0 Å². The molecule has 0 spiro atoms. The van der Waals surface area contributed by atoms with E-state index < -0.39 is 0 Å². The first-order valence-electron chi connectivity index (χ1n) is 7.66. The van der Waals surface area contributed by atoms with Crippen LogP contribution in [0.5, 0.6) is 0 Å². The number of nitro benzene ring substituents is 1. The third kappa shape index (κ3) is 3.59. The zero-order valence-corrected chi connectivity index (χ0v) is 14.9. The molecule has 0 N–H and O–H groups in total. The Kier molecular flexibility index (Phi) is 4.97. The molecule has 0 aliphatic carbocycles. The van der Waals surface area contributed by atoms with Gasteiger partial charge in [0.25, 0.3) is 5.69 Å². The summed E-state index contributed by atoms with van der Waals surface area (Å²) in [6, 6.07) is 7.37. The molecule has 2 rings (SSSR count). The molecule has 0 bridgehead atoms. The summed E-state index contributed by atoms with van der Waals surface area (Å²) >= 11 is 0. The minimum atomic E-state index is -0.377. The molecule has 6 heteroatoms. The van der Waals surface area contributed by atoms with Crippen LogP contribution in [-0.2, 0) is 0 Å². The first-order chi connectivity index (χ1) is 11.2. The van der Waals surface area contributed by atoms with E-state index in [0.29, 0.717) is 11.3 Å². The van der Waals surface area contributed by atoms with Gasteiger partial charge < -0.3 is 4.90 Å². The van der Waals surface area contributed by atoms with E-state index in [1.807, 2.05) is 32.8 Å². The number of benzene rings is 2. The molecule has 2 aromatic carbocycles. The molecule has 0 saturated carbocycles. The van der Waals surface area contributed by atoms with Gasteiger partial charge in [0, 0.05) is 31.4 Å². The van der Waals surface area contributed by atoms with E-state index in [1.54, 1.807) is 26.0 Å². The van der Waals surface area contributed by atoms with E-state index >= 15 is 0 Å². The van der Waals surface area contributed by atoms with Crippen LogP contribution in [0.3, 0.4) is 0 Å². The van der Waals surface area contributed by atoms with Crippen LogP contribution in [-0.4, -0.2) is 19.0 Å². The fourth-order valence-corrected chi connectivity index (χ4v) is 2.54. The van der Waals surface area contributed by atoms with Gasteiger partial charge in [0.2, 0.25) is 0 Å². The van der Waals surface area contributed by atoms with Gasteiger partial charge in [-0.3, -0.25) is 10.1 Å². The Labute approximate surface area is 142 Å². The summed E-state index contributed by atoms with van der Waals surface area (Å²) in [4.78, 5) is 12.7. The normalized spacial score (nSPS) is 11.1. The third-order valence-corrected chi connectivity index (χ3v) is 3.96. The highest BCUT2D eigenvalue weighted by atomic mass is 16.6. The number of nitro groups is 1. The highest BCUT2D eigenvalue weighted by molar-refractivity contribution is 5.62. The standard InChI is InChI=1S/C18H22N4O2/c1-11-10-17(22(23)24)12(2)9-16(11)19-20-18-13(3)7-15(21(5)6)8-14(18)4/h7-10H,1-6H3. The Morgan fingerprint density at radius 1 is 0.875 bits per heavy atom. The smallest absolute Gasteiger partial charge is 0.272 e. The van der Waals surface area contributed by atoms with Crippen LogP contribution in [0, 0.1) is 37.8 Å². The molecule has 0 aliphatic rings. The molecule has 0 fully saturated rings. The molecule has 0 saturated heterocycles. The van der Waals surface area contributed by atoms with Gasteiger partial charge in [0.1, 0.15) is 0 Å².